The third kappa shape index (κ3) is 1.46. The molecule has 0 fully saturated rings. The molecule has 0 saturated heterocycles. The van der Waals surface area contributed by atoms with Gasteiger partial charge in [-0.05, 0) is 12.5 Å². The Kier molecular flexibility index (Phi) is 2.36. The van der Waals surface area contributed by atoms with Gasteiger partial charge in [0.1, 0.15) is 7.85 Å². The van der Waals surface area contributed by atoms with Gasteiger partial charge in [-0.25, -0.2) is 0 Å². The molecular weight excluding hydrogens is 237 g/mol. The summed E-state index contributed by atoms with van der Waals surface area (Å²) in [5.74, 6) is -0.274. The maximum Gasteiger partial charge on any atom is 0.196 e. The van der Waals surface area contributed by atoms with E-state index in [1.165, 1.54) is 0 Å². The molecule has 0 saturated carbocycles. The van der Waals surface area contributed by atoms with Gasteiger partial charge in [-0.2, -0.15) is 0 Å². The number of carbonyl (C=O) groups excluding carboxylic acids is 2. The van der Waals surface area contributed by atoms with Crippen LogP contribution < -0.4 is 11.2 Å². The van der Waals surface area contributed by atoms with Gasteiger partial charge in [0.15, 0.2) is 11.6 Å². The summed E-state index contributed by atoms with van der Waals surface area (Å²) in [5.41, 5.74) is 9.77. The Bertz CT molecular complexity index is 750. The summed E-state index contributed by atoms with van der Waals surface area (Å²) >= 11 is 0. The van der Waals surface area contributed by atoms with Crippen LogP contribution in [-0.2, 0) is 0 Å². The van der Waals surface area contributed by atoms with Crippen molar-refractivity contribution in [3.63, 3.8) is 0 Å². The summed E-state index contributed by atoms with van der Waals surface area (Å²) in [6.07, 6.45) is 0. The Morgan fingerprint density at radius 2 is 1.53 bits per heavy atom. The normalized spacial score (nSPS) is 13.1. The van der Waals surface area contributed by atoms with Crippen LogP contribution in [0.15, 0.2) is 30.3 Å². The molecule has 1 aliphatic carbocycles. The molecule has 3 nitrogen and oxygen atoms in total. The molecule has 19 heavy (non-hydrogen) atoms. The SMILES string of the molecule is Bc1cc(C)c(N)c2c1C(=O)c1ccccc1C2=O. The number of anilines is 1. The van der Waals surface area contributed by atoms with E-state index < -0.39 is 0 Å². The summed E-state index contributed by atoms with van der Waals surface area (Å²) in [4.78, 5) is 25.1. The average Bonchev–Trinajstić information content (AvgIpc) is 2.40. The summed E-state index contributed by atoms with van der Waals surface area (Å²) in [5, 5.41) is 0. The number of fused-ring (bicyclic) bond motifs is 2. The Balaban J connectivity index is 2.43. The van der Waals surface area contributed by atoms with Gasteiger partial charge < -0.3 is 5.73 Å². The number of hydrogen-bond acceptors (Lipinski definition) is 3. The number of carbonyl (C=O) groups is 2. The van der Waals surface area contributed by atoms with Crippen LogP contribution in [0.25, 0.3) is 0 Å². The number of hydrogen-bond donors (Lipinski definition) is 1. The molecule has 0 spiro atoms. The standard InChI is InChI=1S/C15H12BNO2/c1-7-6-10(16)11-12(13(7)17)15(19)9-5-3-2-4-8(9)14(11)18/h2-6H,16-17H2,1H3. The predicted octanol–water partition coefficient (Wildman–Crippen LogP) is 0.611. The van der Waals surface area contributed by atoms with Crippen LogP contribution >= 0.6 is 0 Å². The van der Waals surface area contributed by atoms with Crippen LogP contribution in [0.1, 0.15) is 37.4 Å². The van der Waals surface area contributed by atoms with Crippen LogP contribution in [0.3, 0.4) is 0 Å². The zero-order valence-electron chi connectivity index (χ0n) is 10.8. The van der Waals surface area contributed by atoms with E-state index in [4.69, 9.17) is 5.73 Å². The van der Waals surface area contributed by atoms with Gasteiger partial charge in [0, 0.05) is 22.4 Å². The lowest BCUT2D eigenvalue weighted by Gasteiger charge is -2.22. The van der Waals surface area contributed by atoms with Crippen LogP contribution in [-0.4, -0.2) is 19.4 Å². The first-order valence-corrected chi connectivity index (χ1v) is 6.10. The van der Waals surface area contributed by atoms with E-state index in [1.54, 1.807) is 24.3 Å². The Morgan fingerprint density at radius 3 is 2.11 bits per heavy atom. The maximum absolute atomic E-state index is 12.5. The molecule has 0 radical (unpaired) electrons. The number of rotatable bonds is 0. The van der Waals surface area contributed by atoms with E-state index in [2.05, 4.69) is 0 Å². The van der Waals surface area contributed by atoms with Crippen molar-refractivity contribution in [3.8, 4) is 0 Å². The first-order chi connectivity index (χ1) is 9.02. The second-order valence-electron chi connectivity index (χ2n) is 4.88. The number of nitrogen functional groups attached to an aromatic ring is 1. The van der Waals surface area contributed by atoms with E-state index in [9.17, 15) is 9.59 Å². The Labute approximate surface area is 111 Å². The third-order valence-electron chi connectivity index (χ3n) is 3.64. The topological polar surface area (TPSA) is 60.2 Å². The van der Waals surface area contributed by atoms with E-state index in [0.717, 1.165) is 11.0 Å². The fourth-order valence-electron chi connectivity index (χ4n) is 2.68. The van der Waals surface area contributed by atoms with E-state index in [0.29, 0.717) is 27.9 Å². The molecule has 0 amide bonds. The van der Waals surface area contributed by atoms with Gasteiger partial charge in [-0.1, -0.05) is 35.8 Å². The number of benzene rings is 2. The smallest absolute Gasteiger partial charge is 0.196 e. The quantitative estimate of drug-likeness (QED) is 0.469. The lowest BCUT2D eigenvalue weighted by atomic mass is 9.75. The fourth-order valence-corrected chi connectivity index (χ4v) is 2.68. The van der Waals surface area contributed by atoms with Crippen molar-refractivity contribution in [2.75, 3.05) is 5.73 Å². The second kappa shape index (κ2) is 3.82. The molecule has 0 atom stereocenters. The van der Waals surface area contributed by atoms with E-state index in [1.807, 2.05) is 20.8 Å². The van der Waals surface area contributed by atoms with E-state index in [-0.39, 0.29) is 11.6 Å². The average molecular weight is 249 g/mol. The summed E-state index contributed by atoms with van der Waals surface area (Å²) < 4.78 is 0. The first kappa shape index (κ1) is 11.7. The monoisotopic (exact) mass is 249 g/mol. The minimum absolute atomic E-state index is 0.116. The largest absolute Gasteiger partial charge is 0.398 e. The predicted molar refractivity (Wildman–Crippen MR) is 77.1 cm³/mol. The molecule has 0 aromatic heterocycles. The highest BCUT2D eigenvalue weighted by molar-refractivity contribution is 6.42. The van der Waals surface area contributed by atoms with Gasteiger partial charge in [0.05, 0.1) is 5.56 Å². The lowest BCUT2D eigenvalue weighted by Crippen LogP contribution is -2.30. The molecule has 0 heterocycles. The zero-order chi connectivity index (χ0) is 13.7. The molecule has 92 valence electrons. The van der Waals surface area contributed by atoms with Crippen LogP contribution in [0.5, 0.6) is 0 Å². The first-order valence-electron chi connectivity index (χ1n) is 6.10. The Morgan fingerprint density at radius 1 is 1.00 bits per heavy atom. The van der Waals surface area contributed by atoms with Crippen molar-refractivity contribution < 1.29 is 9.59 Å². The van der Waals surface area contributed by atoms with Gasteiger partial charge in [-0.3, -0.25) is 9.59 Å². The van der Waals surface area contributed by atoms with Crippen molar-refractivity contribution in [1.29, 1.82) is 0 Å². The molecule has 2 aromatic carbocycles. The minimum atomic E-state index is -0.158. The zero-order valence-corrected chi connectivity index (χ0v) is 10.8. The molecule has 0 bridgehead atoms. The van der Waals surface area contributed by atoms with Crippen LogP contribution in [0, 0.1) is 6.92 Å². The minimum Gasteiger partial charge on any atom is -0.398 e. The van der Waals surface area contributed by atoms with Crippen molar-refractivity contribution >= 4 is 30.6 Å². The highest BCUT2D eigenvalue weighted by atomic mass is 16.1. The fraction of sp³-hybridized carbons (Fsp3) is 0.0667. The highest BCUT2D eigenvalue weighted by Crippen LogP contribution is 2.30. The summed E-state index contributed by atoms with van der Waals surface area (Å²) in [7, 11) is 1.84. The van der Waals surface area contributed by atoms with Crippen LogP contribution in [0.4, 0.5) is 5.69 Å². The molecule has 0 aliphatic heterocycles. The van der Waals surface area contributed by atoms with Gasteiger partial charge in [0.2, 0.25) is 0 Å². The van der Waals surface area contributed by atoms with Crippen LogP contribution in [0.2, 0.25) is 0 Å². The summed E-state index contributed by atoms with van der Waals surface area (Å²) in [6.45, 7) is 1.85. The summed E-state index contributed by atoms with van der Waals surface area (Å²) in [6, 6.07) is 8.74. The second-order valence-corrected chi connectivity index (χ2v) is 4.88. The van der Waals surface area contributed by atoms with E-state index >= 15 is 0 Å². The van der Waals surface area contributed by atoms with Crippen molar-refractivity contribution in [3.05, 3.63) is 58.1 Å². The number of nitrogens with two attached hydrogens (primary N) is 1. The van der Waals surface area contributed by atoms with Crippen molar-refractivity contribution in [2.24, 2.45) is 0 Å². The lowest BCUT2D eigenvalue weighted by molar-refractivity contribution is 0.0980. The Hall–Kier alpha value is -2.36. The third-order valence-corrected chi connectivity index (χ3v) is 3.64. The molecule has 0 unspecified atom stereocenters. The molecule has 2 N–H and O–H groups in total. The molecule has 4 heteroatoms. The van der Waals surface area contributed by atoms with Gasteiger partial charge in [0.25, 0.3) is 0 Å². The van der Waals surface area contributed by atoms with Crippen molar-refractivity contribution in [2.45, 2.75) is 6.92 Å². The molecule has 2 aromatic rings. The van der Waals surface area contributed by atoms with Gasteiger partial charge >= 0.3 is 0 Å². The number of aryl methyl sites for hydroxylation is 1. The maximum atomic E-state index is 12.5. The molecule has 3 rings (SSSR count). The van der Waals surface area contributed by atoms with Crippen molar-refractivity contribution in [1.82, 2.24) is 0 Å². The highest BCUT2D eigenvalue weighted by Gasteiger charge is 2.32. The van der Waals surface area contributed by atoms with Gasteiger partial charge in [-0.15, -0.1) is 0 Å². The number of ketones is 2. The molecule has 1 aliphatic rings. The molecular formula is C15H12BNO2.